The van der Waals surface area contributed by atoms with Gasteiger partial charge in [-0.05, 0) is 46.4 Å². The number of carbonyl (C=O) groups is 1. The zero-order valence-electron chi connectivity index (χ0n) is 11.0. The maximum atomic E-state index is 10.9. The molecule has 0 saturated carbocycles. The van der Waals surface area contributed by atoms with E-state index in [1.807, 2.05) is 0 Å². The molecular weight excluding hydrogens is 405 g/mol. The number of phenolic OH excluding ortho intramolecular Hbond substituents is 1. The fraction of sp³-hybridized carbons (Fsp3) is 0.0714. The van der Waals surface area contributed by atoms with E-state index in [2.05, 4.69) is 0 Å². The van der Waals surface area contributed by atoms with Crippen molar-refractivity contribution in [3.8, 4) is 17.2 Å². The molecular formula is C14H10INO6. The van der Waals surface area contributed by atoms with Crippen LogP contribution in [0, 0.1) is 13.7 Å². The van der Waals surface area contributed by atoms with Crippen LogP contribution in [-0.4, -0.2) is 21.1 Å². The first-order chi connectivity index (χ1) is 10.4. The van der Waals surface area contributed by atoms with E-state index in [1.54, 1.807) is 46.9 Å². The zero-order valence-corrected chi connectivity index (χ0v) is 13.2. The lowest BCUT2D eigenvalue weighted by molar-refractivity contribution is -0.386. The lowest BCUT2D eigenvalue weighted by Gasteiger charge is -2.08. The van der Waals surface area contributed by atoms with Crippen LogP contribution in [0.2, 0.25) is 0 Å². The number of hydrogen-bond acceptors (Lipinski definition) is 5. The van der Waals surface area contributed by atoms with Gasteiger partial charge in [0.15, 0.2) is 0 Å². The maximum Gasteiger partial charge on any atom is 0.315 e. The molecule has 2 rings (SSSR count). The standard InChI is InChI=1S/C14H10INO6/c15-11-6-10(7-12(14(11)19)16(20)21)22-9-3-1-8(2-4-9)5-13(17)18/h1-4,6-7,19H,5H2,(H,17,18). The third kappa shape index (κ3) is 3.85. The smallest absolute Gasteiger partial charge is 0.315 e. The molecule has 0 aliphatic heterocycles. The molecule has 0 aliphatic rings. The van der Waals surface area contributed by atoms with Gasteiger partial charge in [-0.25, -0.2) is 0 Å². The van der Waals surface area contributed by atoms with Crippen LogP contribution in [0.25, 0.3) is 0 Å². The van der Waals surface area contributed by atoms with E-state index in [0.717, 1.165) is 6.07 Å². The normalized spacial score (nSPS) is 10.2. The number of halogens is 1. The highest BCUT2D eigenvalue weighted by Gasteiger charge is 2.18. The number of benzene rings is 2. The Hall–Kier alpha value is -2.36. The monoisotopic (exact) mass is 415 g/mol. The Bertz CT molecular complexity index is 729. The van der Waals surface area contributed by atoms with Crippen LogP contribution in [0.5, 0.6) is 17.2 Å². The molecule has 2 aromatic rings. The molecule has 22 heavy (non-hydrogen) atoms. The summed E-state index contributed by atoms with van der Waals surface area (Å²) >= 11 is 1.77. The minimum Gasteiger partial charge on any atom is -0.501 e. The van der Waals surface area contributed by atoms with Gasteiger partial charge < -0.3 is 14.9 Å². The summed E-state index contributed by atoms with van der Waals surface area (Å²) in [6.07, 6.45) is -0.0944. The molecule has 0 radical (unpaired) electrons. The van der Waals surface area contributed by atoms with Crippen molar-refractivity contribution in [1.82, 2.24) is 0 Å². The molecule has 2 aromatic carbocycles. The highest BCUT2D eigenvalue weighted by atomic mass is 127. The third-order valence-electron chi connectivity index (χ3n) is 2.73. The predicted octanol–water partition coefficient (Wildman–Crippen LogP) is 3.32. The van der Waals surface area contributed by atoms with Gasteiger partial charge in [0.25, 0.3) is 0 Å². The average Bonchev–Trinajstić information content (AvgIpc) is 2.44. The number of aliphatic carboxylic acids is 1. The van der Waals surface area contributed by atoms with Gasteiger partial charge in [-0.1, -0.05) is 12.1 Å². The number of nitro groups is 1. The number of nitro benzene ring substituents is 1. The van der Waals surface area contributed by atoms with Crippen LogP contribution in [0.4, 0.5) is 5.69 Å². The molecule has 0 fully saturated rings. The van der Waals surface area contributed by atoms with Gasteiger partial charge >= 0.3 is 11.7 Å². The van der Waals surface area contributed by atoms with E-state index in [0.29, 0.717) is 14.9 Å². The molecule has 0 atom stereocenters. The highest BCUT2D eigenvalue weighted by Crippen LogP contribution is 2.36. The van der Waals surface area contributed by atoms with E-state index in [4.69, 9.17) is 9.84 Å². The van der Waals surface area contributed by atoms with Crippen LogP contribution in [0.3, 0.4) is 0 Å². The van der Waals surface area contributed by atoms with Gasteiger partial charge in [0, 0.05) is 0 Å². The molecule has 7 nitrogen and oxygen atoms in total. The molecule has 0 bridgehead atoms. The number of carboxylic acid groups (broad SMARTS) is 1. The van der Waals surface area contributed by atoms with E-state index in [-0.39, 0.29) is 12.2 Å². The first kappa shape index (κ1) is 16.0. The molecule has 2 N–H and O–H groups in total. The number of rotatable bonds is 5. The third-order valence-corrected chi connectivity index (χ3v) is 3.55. The van der Waals surface area contributed by atoms with E-state index in [9.17, 15) is 20.0 Å². The zero-order chi connectivity index (χ0) is 16.3. The summed E-state index contributed by atoms with van der Waals surface area (Å²) in [5.74, 6) is -0.725. The van der Waals surface area contributed by atoms with Gasteiger partial charge in [0.05, 0.1) is 21.0 Å². The Morgan fingerprint density at radius 1 is 1.23 bits per heavy atom. The van der Waals surface area contributed by atoms with E-state index < -0.39 is 22.3 Å². The van der Waals surface area contributed by atoms with E-state index in [1.165, 1.54) is 6.07 Å². The fourth-order valence-electron chi connectivity index (χ4n) is 1.74. The molecule has 0 aliphatic carbocycles. The van der Waals surface area contributed by atoms with Crippen molar-refractivity contribution in [1.29, 1.82) is 0 Å². The highest BCUT2D eigenvalue weighted by molar-refractivity contribution is 14.1. The van der Waals surface area contributed by atoms with Crippen molar-refractivity contribution in [2.24, 2.45) is 0 Å². The summed E-state index contributed by atoms with van der Waals surface area (Å²) in [7, 11) is 0. The molecule has 114 valence electrons. The molecule has 0 unspecified atom stereocenters. The van der Waals surface area contributed by atoms with Crippen molar-refractivity contribution in [3.63, 3.8) is 0 Å². The Labute approximate surface area is 138 Å². The van der Waals surface area contributed by atoms with Gasteiger partial charge in [-0.2, -0.15) is 0 Å². The average molecular weight is 415 g/mol. The Kier molecular flexibility index (Phi) is 4.81. The quantitative estimate of drug-likeness (QED) is 0.441. The first-order valence-corrected chi connectivity index (χ1v) is 7.10. The van der Waals surface area contributed by atoms with Crippen molar-refractivity contribution >= 4 is 34.2 Å². The molecule has 0 amide bonds. The van der Waals surface area contributed by atoms with Gasteiger partial charge in [-0.3, -0.25) is 14.9 Å². The molecule has 8 heteroatoms. The Morgan fingerprint density at radius 2 is 1.86 bits per heavy atom. The topological polar surface area (TPSA) is 110 Å². The van der Waals surface area contributed by atoms with Crippen LogP contribution in [0.15, 0.2) is 36.4 Å². The largest absolute Gasteiger partial charge is 0.501 e. The second-order valence-electron chi connectivity index (χ2n) is 4.35. The summed E-state index contributed by atoms with van der Waals surface area (Å²) in [4.78, 5) is 20.8. The molecule has 0 saturated heterocycles. The summed E-state index contributed by atoms with van der Waals surface area (Å²) in [5, 5.41) is 29.2. The number of aromatic hydroxyl groups is 1. The minimum atomic E-state index is -0.933. The second kappa shape index (κ2) is 6.60. The summed E-state index contributed by atoms with van der Waals surface area (Å²) in [5.41, 5.74) is 0.176. The Balaban J connectivity index is 2.23. The van der Waals surface area contributed by atoms with Crippen LogP contribution >= 0.6 is 22.6 Å². The van der Waals surface area contributed by atoms with Crippen LogP contribution in [0.1, 0.15) is 5.56 Å². The lowest BCUT2D eigenvalue weighted by Crippen LogP contribution is -1.99. The molecule has 0 aromatic heterocycles. The summed E-state index contributed by atoms with van der Waals surface area (Å²) < 4.78 is 5.79. The van der Waals surface area contributed by atoms with Crippen LogP contribution < -0.4 is 4.74 Å². The van der Waals surface area contributed by atoms with Crippen molar-refractivity contribution in [2.75, 3.05) is 0 Å². The Morgan fingerprint density at radius 3 is 2.41 bits per heavy atom. The first-order valence-electron chi connectivity index (χ1n) is 6.02. The van der Waals surface area contributed by atoms with Gasteiger partial charge in [0.1, 0.15) is 11.5 Å². The van der Waals surface area contributed by atoms with Crippen LogP contribution in [-0.2, 0) is 11.2 Å². The van der Waals surface area contributed by atoms with Gasteiger partial charge in [0.2, 0.25) is 5.75 Å². The maximum absolute atomic E-state index is 10.9. The number of carboxylic acids is 1. The van der Waals surface area contributed by atoms with E-state index >= 15 is 0 Å². The minimum absolute atomic E-state index is 0.0944. The summed E-state index contributed by atoms with van der Waals surface area (Å²) in [6, 6.07) is 8.94. The van der Waals surface area contributed by atoms with Crippen molar-refractivity contribution in [2.45, 2.75) is 6.42 Å². The SMILES string of the molecule is O=C(O)Cc1ccc(Oc2cc(I)c(O)c([N+](=O)[O-])c2)cc1. The number of hydrogen-bond donors (Lipinski definition) is 2. The van der Waals surface area contributed by atoms with Gasteiger partial charge in [-0.15, -0.1) is 0 Å². The van der Waals surface area contributed by atoms with Crippen molar-refractivity contribution < 1.29 is 24.7 Å². The number of nitrogens with zero attached hydrogens (tertiary/aromatic N) is 1. The fourth-order valence-corrected chi connectivity index (χ4v) is 2.33. The lowest BCUT2D eigenvalue weighted by atomic mass is 10.1. The summed E-state index contributed by atoms with van der Waals surface area (Å²) in [6.45, 7) is 0. The van der Waals surface area contributed by atoms with Crippen molar-refractivity contribution in [3.05, 3.63) is 55.6 Å². The molecule has 0 heterocycles. The number of phenols is 1. The molecule has 0 spiro atoms. The predicted molar refractivity (Wildman–Crippen MR) is 85.3 cm³/mol. The second-order valence-corrected chi connectivity index (χ2v) is 5.51. The number of ether oxygens (including phenoxy) is 1.